The summed E-state index contributed by atoms with van der Waals surface area (Å²) in [6.45, 7) is 1.57. The molecule has 0 aliphatic carbocycles. The van der Waals surface area contributed by atoms with Gasteiger partial charge in [-0.15, -0.1) is 0 Å². The summed E-state index contributed by atoms with van der Waals surface area (Å²) in [6.07, 6.45) is 0. The highest BCUT2D eigenvalue weighted by Crippen LogP contribution is 2.32. The van der Waals surface area contributed by atoms with Gasteiger partial charge in [-0.25, -0.2) is 4.39 Å². The van der Waals surface area contributed by atoms with Crippen LogP contribution in [0.25, 0.3) is 0 Å². The van der Waals surface area contributed by atoms with Crippen molar-refractivity contribution in [1.29, 1.82) is 0 Å². The van der Waals surface area contributed by atoms with Gasteiger partial charge in [0.25, 0.3) is 5.69 Å². The number of hydrogen-bond acceptors (Lipinski definition) is 3. The van der Waals surface area contributed by atoms with Gasteiger partial charge >= 0.3 is 0 Å². The summed E-state index contributed by atoms with van der Waals surface area (Å²) in [5.74, 6) is -0.198. The predicted octanol–water partition coefficient (Wildman–Crippen LogP) is 4.73. The van der Waals surface area contributed by atoms with E-state index in [0.29, 0.717) is 10.9 Å². The summed E-state index contributed by atoms with van der Waals surface area (Å²) in [6, 6.07) is 9.04. The summed E-state index contributed by atoms with van der Waals surface area (Å²) in [5, 5.41) is 11.4. The minimum atomic E-state index is -0.507. The predicted molar refractivity (Wildman–Crippen MR) is 76.9 cm³/mol. The molecule has 0 unspecified atom stereocenters. The number of benzene rings is 2. The first kappa shape index (κ1) is 14.5. The molecule has 0 atom stereocenters. The Balaban J connectivity index is 2.35. The second-order valence-electron chi connectivity index (χ2n) is 4.16. The number of alkyl halides is 1. The molecule has 0 bridgehead atoms. The topological polar surface area (TPSA) is 52.4 Å². The molecule has 20 heavy (non-hydrogen) atoms. The number of halogens is 2. The van der Waals surface area contributed by atoms with Crippen LogP contribution in [0.2, 0.25) is 0 Å². The van der Waals surface area contributed by atoms with Crippen LogP contribution in [0.3, 0.4) is 0 Å². The van der Waals surface area contributed by atoms with E-state index in [-0.39, 0.29) is 17.2 Å². The van der Waals surface area contributed by atoms with Crippen molar-refractivity contribution < 1.29 is 14.1 Å². The summed E-state index contributed by atoms with van der Waals surface area (Å²) >= 11 is 3.24. The Morgan fingerprint density at radius 3 is 2.65 bits per heavy atom. The van der Waals surface area contributed by atoms with Gasteiger partial charge in [-0.2, -0.15) is 0 Å². The Hall–Kier alpha value is -1.95. The van der Waals surface area contributed by atoms with Crippen molar-refractivity contribution in [3.63, 3.8) is 0 Å². The highest BCUT2D eigenvalue weighted by Gasteiger charge is 2.15. The smallest absolute Gasteiger partial charge is 0.276 e. The Labute approximate surface area is 123 Å². The first-order chi connectivity index (χ1) is 9.52. The molecule has 0 heterocycles. The molecular formula is C14H11BrFNO3. The number of hydrogen-bond donors (Lipinski definition) is 0. The van der Waals surface area contributed by atoms with Crippen LogP contribution >= 0.6 is 15.9 Å². The third kappa shape index (κ3) is 2.96. The Morgan fingerprint density at radius 1 is 1.30 bits per heavy atom. The largest absolute Gasteiger partial charge is 0.454 e. The Kier molecular flexibility index (Phi) is 4.34. The van der Waals surface area contributed by atoms with Crippen LogP contribution in [0, 0.1) is 22.9 Å². The van der Waals surface area contributed by atoms with Crippen molar-refractivity contribution in [2.45, 2.75) is 12.3 Å². The van der Waals surface area contributed by atoms with Gasteiger partial charge in [-0.05, 0) is 30.7 Å². The lowest BCUT2D eigenvalue weighted by molar-refractivity contribution is -0.385. The fourth-order valence-electron chi connectivity index (χ4n) is 1.74. The lowest BCUT2D eigenvalue weighted by atomic mass is 10.2. The zero-order valence-electron chi connectivity index (χ0n) is 10.6. The first-order valence-electron chi connectivity index (χ1n) is 5.79. The van der Waals surface area contributed by atoms with E-state index < -0.39 is 10.7 Å². The van der Waals surface area contributed by atoms with Gasteiger partial charge in [0.1, 0.15) is 5.75 Å². The van der Waals surface area contributed by atoms with Gasteiger partial charge in [0.2, 0.25) is 0 Å². The van der Waals surface area contributed by atoms with Gasteiger partial charge in [-0.1, -0.05) is 28.1 Å². The molecule has 0 fully saturated rings. The lowest BCUT2D eigenvalue weighted by Crippen LogP contribution is -1.96. The molecule has 4 nitrogen and oxygen atoms in total. The van der Waals surface area contributed by atoms with Gasteiger partial charge in [0, 0.05) is 11.4 Å². The third-order valence-corrected chi connectivity index (χ3v) is 3.47. The van der Waals surface area contributed by atoms with E-state index in [9.17, 15) is 14.5 Å². The fraction of sp³-hybridized carbons (Fsp3) is 0.143. The van der Waals surface area contributed by atoms with E-state index in [1.54, 1.807) is 19.1 Å². The van der Waals surface area contributed by atoms with Crippen LogP contribution in [-0.2, 0) is 5.33 Å². The molecule has 0 aromatic heterocycles. The number of ether oxygens (including phenoxy) is 1. The van der Waals surface area contributed by atoms with Crippen molar-refractivity contribution in [3.05, 3.63) is 63.5 Å². The molecule has 0 spiro atoms. The van der Waals surface area contributed by atoms with Crippen LogP contribution in [0.1, 0.15) is 11.1 Å². The molecule has 0 aliphatic rings. The number of nitro groups is 1. The lowest BCUT2D eigenvalue weighted by Gasteiger charge is -2.10. The van der Waals surface area contributed by atoms with E-state index in [4.69, 9.17) is 4.74 Å². The summed E-state index contributed by atoms with van der Waals surface area (Å²) in [4.78, 5) is 10.4. The summed E-state index contributed by atoms with van der Waals surface area (Å²) in [7, 11) is 0. The molecule has 0 aliphatic heterocycles. The zero-order valence-corrected chi connectivity index (χ0v) is 12.2. The van der Waals surface area contributed by atoms with E-state index in [1.165, 1.54) is 24.3 Å². The van der Waals surface area contributed by atoms with E-state index >= 15 is 0 Å². The number of nitrogens with zero attached hydrogens (tertiary/aromatic N) is 1. The van der Waals surface area contributed by atoms with E-state index in [0.717, 1.165) is 5.56 Å². The van der Waals surface area contributed by atoms with Crippen molar-refractivity contribution in [2.75, 3.05) is 0 Å². The molecule has 6 heteroatoms. The summed E-state index contributed by atoms with van der Waals surface area (Å²) in [5.41, 5.74) is 1.09. The molecule has 0 radical (unpaired) electrons. The normalized spacial score (nSPS) is 10.3. The average Bonchev–Trinajstić information content (AvgIpc) is 2.42. The molecule has 2 rings (SSSR count). The second kappa shape index (κ2) is 6.00. The maximum atomic E-state index is 13.8. The van der Waals surface area contributed by atoms with Crippen molar-refractivity contribution in [2.24, 2.45) is 0 Å². The van der Waals surface area contributed by atoms with Crippen molar-refractivity contribution in [1.82, 2.24) is 0 Å². The van der Waals surface area contributed by atoms with Crippen LogP contribution in [-0.4, -0.2) is 4.92 Å². The number of rotatable bonds is 4. The molecule has 0 saturated carbocycles. The monoisotopic (exact) mass is 339 g/mol. The van der Waals surface area contributed by atoms with Crippen LogP contribution < -0.4 is 4.74 Å². The van der Waals surface area contributed by atoms with Crippen LogP contribution in [0.5, 0.6) is 11.5 Å². The van der Waals surface area contributed by atoms with Crippen molar-refractivity contribution in [3.8, 4) is 11.5 Å². The molecule has 0 amide bonds. The fourth-order valence-corrected chi connectivity index (χ4v) is 2.09. The van der Waals surface area contributed by atoms with Gasteiger partial charge in [0.15, 0.2) is 11.6 Å². The molecule has 104 valence electrons. The summed E-state index contributed by atoms with van der Waals surface area (Å²) < 4.78 is 19.3. The average molecular weight is 340 g/mol. The maximum Gasteiger partial charge on any atom is 0.276 e. The van der Waals surface area contributed by atoms with E-state index in [1.807, 2.05) is 0 Å². The SMILES string of the molecule is Cc1c(Oc2ccc(CBr)cc2F)cccc1[N+](=O)[O-]. The Morgan fingerprint density at radius 2 is 2.05 bits per heavy atom. The minimum Gasteiger partial charge on any atom is -0.454 e. The Bertz CT molecular complexity index is 661. The second-order valence-corrected chi connectivity index (χ2v) is 4.72. The third-order valence-electron chi connectivity index (χ3n) is 2.82. The zero-order chi connectivity index (χ0) is 14.7. The van der Waals surface area contributed by atoms with Gasteiger partial charge in [0.05, 0.1) is 10.5 Å². The number of nitro benzene ring substituents is 1. The quantitative estimate of drug-likeness (QED) is 0.459. The minimum absolute atomic E-state index is 0.0401. The van der Waals surface area contributed by atoms with Gasteiger partial charge in [-0.3, -0.25) is 10.1 Å². The van der Waals surface area contributed by atoms with Gasteiger partial charge < -0.3 is 4.74 Å². The molecule has 2 aromatic carbocycles. The highest BCUT2D eigenvalue weighted by molar-refractivity contribution is 9.08. The van der Waals surface area contributed by atoms with Crippen LogP contribution in [0.4, 0.5) is 10.1 Å². The highest BCUT2D eigenvalue weighted by atomic mass is 79.9. The molecule has 0 saturated heterocycles. The molecule has 0 N–H and O–H groups in total. The molecule has 2 aromatic rings. The first-order valence-corrected chi connectivity index (χ1v) is 6.91. The van der Waals surface area contributed by atoms with Crippen molar-refractivity contribution >= 4 is 21.6 Å². The standard InChI is InChI=1S/C14H11BrFNO3/c1-9-12(17(18)19)3-2-4-13(9)20-14-6-5-10(8-15)7-11(14)16/h2-7H,8H2,1H3. The maximum absolute atomic E-state index is 13.8. The molecular weight excluding hydrogens is 329 g/mol. The van der Waals surface area contributed by atoms with E-state index in [2.05, 4.69) is 15.9 Å². The van der Waals surface area contributed by atoms with Crippen LogP contribution in [0.15, 0.2) is 36.4 Å².